The minimum atomic E-state index is -0.781. The van der Waals surface area contributed by atoms with Crippen LogP contribution in [0, 0.1) is 18.7 Å². The fourth-order valence-electron chi connectivity index (χ4n) is 4.92. The molecule has 1 aliphatic carbocycles. The SMILES string of the molecule is Cc1cc(-n2c(C3CCOCC3)c(C3CC3C(=O)O)c3cc(O)ccc32)ccc1F. The molecule has 5 rings (SSSR count). The standard InChI is InChI=1S/C24H24FNO4/c1-13-10-15(2-4-20(13)25)26-21-5-3-16(27)11-19(21)22(17-12-18(17)24(28)29)23(26)14-6-8-30-9-7-14/h2-5,10-11,14,17-18,27H,6-9,12H2,1H3,(H,28,29). The normalized spacial score (nSPS) is 21.8. The lowest BCUT2D eigenvalue weighted by molar-refractivity contribution is -0.138. The van der Waals surface area contributed by atoms with Crippen LogP contribution < -0.4 is 0 Å². The van der Waals surface area contributed by atoms with Gasteiger partial charge in [-0.05, 0) is 73.7 Å². The molecule has 1 aromatic heterocycles. The van der Waals surface area contributed by atoms with Crippen molar-refractivity contribution in [1.82, 2.24) is 4.57 Å². The summed E-state index contributed by atoms with van der Waals surface area (Å²) < 4.78 is 21.7. The van der Waals surface area contributed by atoms with Crippen LogP contribution in [0.2, 0.25) is 0 Å². The number of rotatable bonds is 4. The lowest BCUT2D eigenvalue weighted by Gasteiger charge is -2.26. The molecule has 0 radical (unpaired) electrons. The lowest BCUT2D eigenvalue weighted by atomic mass is 9.90. The fraction of sp³-hybridized carbons (Fsp3) is 0.375. The quantitative estimate of drug-likeness (QED) is 0.645. The van der Waals surface area contributed by atoms with Crippen LogP contribution in [0.1, 0.15) is 47.9 Å². The number of fused-ring (bicyclic) bond motifs is 1. The summed E-state index contributed by atoms with van der Waals surface area (Å²) in [6, 6.07) is 10.3. The molecule has 0 amide bonds. The third-order valence-electron chi connectivity index (χ3n) is 6.51. The highest BCUT2D eigenvalue weighted by molar-refractivity contribution is 5.91. The highest BCUT2D eigenvalue weighted by atomic mass is 19.1. The van der Waals surface area contributed by atoms with Crippen LogP contribution in [-0.4, -0.2) is 34.0 Å². The molecule has 2 fully saturated rings. The Kier molecular flexibility index (Phi) is 4.54. The zero-order chi connectivity index (χ0) is 21.0. The van der Waals surface area contributed by atoms with Crippen LogP contribution in [0.4, 0.5) is 4.39 Å². The maximum atomic E-state index is 14.0. The van der Waals surface area contributed by atoms with Crippen LogP contribution in [0.15, 0.2) is 36.4 Å². The first kappa shape index (κ1) is 19.1. The molecule has 1 aliphatic heterocycles. The average molecular weight is 409 g/mol. The van der Waals surface area contributed by atoms with Crippen molar-refractivity contribution < 1.29 is 24.1 Å². The van der Waals surface area contributed by atoms with Gasteiger partial charge < -0.3 is 19.5 Å². The maximum Gasteiger partial charge on any atom is 0.307 e. The van der Waals surface area contributed by atoms with Crippen LogP contribution in [0.25, 0.3) is 16.6 Å². The Bertz CT molecular complexity index is 1150. The fourth-order valence-corrected chi connectivity index (χ4v) is 4.92. The molecule has 2 atom stereocenters. The highest BCUT2D eigenvalue weighted by Gasteiger charge is 2.48. The number of hydrogen-bond acceptors (Lipinski definition) is 3. The van der Waals surface area contributed by atoms with E-state index in [2.05, 4.69) is 4.57 Å². The zero-order valence-electron chi connectivity index (χ0n) is 16.8. The van der Waals surface area contributed by atoms with Gasteiger partial charge in [-0.1, -0.05) is 0 Å². The largest absolute Gasteiger partial charge is 0.508 e. The third kappa shape index (κ3) is 3.06. The van der Waals surface area contributed by atoms with E-state index in [1.54, 1.807) is 25.1 Å². The van der Waals surface area contributed by atoms with Gasteiger partial charge in [-0.15, -0.1) is 0 Å². The number of phenolic OH excluding ortho intramolecular Hbond substituents is 1. The predicted molar refractivity (Wildman–Crippen MR) is 111 cm³/mol. The zero-order valence-corrected chi connectivity index (χ0v) is 16.8. The number of benzene rings is 2. The first-order valence-electron chi connectivity index (χ1n) is 10.4. The van der Waals surface area contributed by atoms with Crippen molar-refractivity contribution in [1.29, 1.82) is 0 Å². The smallest absolute Gasteiger partial charge is 0.307 e. The van der Waals surface area contributed by atoms with E-state index in [4.69, 9.17) is 4.74 Å². The molecule has 2 N–H and O–H groups in total. The molecule has 1 saturated carbocycles. The van der Waals surface area contributed by atoms with E-state index in [0.717, 1.165) is 40.7 Å². The van der Waals surface area contributed by atoms with Crippen LogP contribution in [0.5, 0.6) is 5.75 Å². The minimum absolute atomic E-state index is 0.0764. The monoisotopic (exact) mass is 409 g/mol. The summed E-state index contributed by atoms with van der Waals surface area (Å²) >= 11 is 0. The number of carboxylic acids is 1. The van der Waals surface area contributed by atoms with Gasteiger partial charge in [0.05, 0.1) is 11.4 Å². The number of aryl methyl sites for hydroxylation is 1. The van der Waals surface area contributed by atoms with E-state index in [1.807, 2.05) is 12.1 Å². The van der Waals surface area contributed by atoms with Crippen molar-refractivity contribution >= 4 is 16.9 Å². The van der Waals surface area contributed by atoms with Crippen molar-refractivity contribution in [3.63, 3.8) is 0 Å². The maximum absolute atomic E-state index is 14.0. The molecule has 2 unspecified atom stereocenters. The summed E-state index contributed by atoms with van der Waals surface area (Å²) in [6.45, 7) is 3.06. The van der Waals surface area contributed by atoms with E-state index in [0.29, 0.717) is 25.2 Å². The van der Waals surface area contributed by atoms with E-state index >= 15 is 0 Å². The topological polar surface area (TPSA) is 71.7 Å². The van der Waals surface area contributed by atoms with Gasteiger partial charge in [0.25, 0.3) is 0 Å². The third-order valence-corrected chi connectivity index (χ3v) is 6.51. The number of ether oxygens (including phenoxy) is 1. The Balaban J connectivity index is 1.81. The summed E-state index contributed by atoms with van der Waals surface area (Å²) in [5.41, 5.74) is 4.42. The van der Waals surface area contributed by atoms with Crippen molar-refractivity contribution in [2.24, 2.45) is 5.92 Å². The van der Waals surface area contributed by atoms with Crippen molar-refractivity contribution in [2.45, 2.75) is 38.0 Å². The molecular formula is C24H24FNO4. The van der Waals surface area contributed by atoms with E-state index in [1.165, 1.54) is 6.07 Å². The number of halogens is 1. The Labute approximate surface area is 173 Å². The Morgan fingerprint density at radius 3 is 2.60 bits per heavy atom. The molecule has 30 heavy (non-hydrogen) atoms. The van der Waals surface area contributed by atoms with Crippen molar-refractivity contribution in [3.05, 3.63) is 59.0 Å². The Morgan fingerprint density at radius 2 is 1.93 bits per heavy atom. The second-order valence-electron chi connectivity index (χ2n) is 8.44. The Morgan fingerprint density at radius 1 is 1.17 bits per heavy atom. The molecule has 2 aliphatic rings. The molecule has 0 bridgehead atoms. The number of aromatic nitrogens is 1. The van der Waals surface area contributed by atoms with Gasteiger partial charge in [-0.3, -0.25) is 4.79 Å². The molecule has 2 heterocycles. The average Bonchev–Trinajstić information content (AvgIpc) is 3.46. The number of aromatic hydroxyl groups is 1. The molecule has 6 heteroatoms. The van der Waals surface area contributed by atoms with Gasteiger partial charge in [-0.2, -0.15) is 0 Å². The van der Waals surface area contributed by atoms with Gasteiger partial charge >= 0.3 is 5.97 Å². The van der Waals surface area contributed by atoms with Crippen molar-refractivity contribution in [3.8, 4) is 11.4 Å². The first-order chi connectivity index (χ1) is 14.5. The number of carboxylic acid groups (broad SMARTS) is 1. The summed E-state index contributed by atoms with van der Waals surface area (Å²) in [5.74, 6) is -1.15. The van der Waals surface area contributed by atoms with Crippen LogP contribution in [0.3, 0.4) is 0 Å². The van der Waals surface area contributed by atoms with Gasteiger partial charge in [-0.25, -0.2) is 4.39 Å². The number of hydrogen-bond donors (Lipinski definition) is 2. The molecule has 156 valence electrons. The number of nitrogens with zero attached hydrogens (tertiary/aromatic N) is 1. The molecular weight excluding hydrogens is 385 g/mol. The second-order valence-corrected chi connectivity index (χ2v) is 8.44. The van der Waals surface area contributed by atoms with E-state index < -0.39 is 11.9 Å². The van der Waals surface area contributed by atoms with E-state index in [-0.39, 0.29) is 23.4 Å². The van der Waals surface area contributed by atoms with Gasteiger partial charge in [0.2, 0.25) is 0 Å². The summed E-state index contributed by atoms with van der Waals surface area (Å²) in [7, 11) is 0. The number of phenols is 1. The lowest BCUT2D eigenvalue weighted by Crippen LogP contribution is -2.18. The number of aliphatic carboxylic acids is 1. The number of carbonyl (C=O) groups is 1. The molecule has 1 saturated heterocycles. The van der Waals surface area contributed by atoms with Crippen LogP contribution in [-0.2, 0) is 9.53 Å². The summed E-state index contributed by atoms with van der Waals surface area (Å²) in [5, 5.41) is 20.7. The molecule has 0 spiro atoms. The van der Waals surface area contributed by atoms with Crippen LogP contribution >= 0.6 is 0 Å². The summed E-state index contributed by atoms with van der Waals surface area (Å²) in [4.78, 5) is 11.7. The first-order valence-corrected chi connectivity index (χ1v) is 10.4. The molecule has 5 nitrogen and oxygen atoms in total. The highest BCUT2D eigenvalue weighted by Crippen LogP contribution is 2.54. The van der Waals surface area contributed by atoms with Gasteiger partial charge in [0.1, 0.15) is 11.6 Å². The Hall–Kier alpha value is -2.86. The molecule has 3 aromatic rings. The molecule has 2 aromatic carbocycles. The van der Waals surface area contributed by atoms with Gasteiger partial charge in [0, 0.05) is 41.8 Å². The van der Waals surface area contributed by atoms with Gasteiger partial charge in [0.15, 0.2) is 0 Å². The predicted octanol–water partition coefficient (Wildman–Crippen LogP) is 4.87. The van der Waals surface area contributed by atoms with E-state index in [9.17, 15) is 19.4 Å². The minimum Gasteiger partial charge on any atom is -0.508 e. The second kappa shape index (κ2) is 7.13. The van der Waals surface area contributed by atoms with Crippen molar-refractivity contribution in [2.75, 3.05) is 13.2 Å². The summed E-state index contributed by atoms with van der Waals surface area (Å²) in [6.07, 6.45) is 2.29.